The summed E-state index contributed by atoms with van der Waals surface area (Å²) in [7, 11) is 3.06. The molecule has 0 saturated heterocycles. The van der Waals surface area contributed by atoms with E-state index in [1.807, 2.05) is 13.8 Å². The fourth-order valence-corrected chi connectivity index (χ4v) is 2.20. The number of amides is 2. The van der Waals surface area contributed by atoms with Gasteiger partial charge in [-0.05, 0) is 30.2 Å². The van der Waals surface area contributed by atoms with Crippen molar-refractivity contribution in [1.82, 2.24) is 10.3 Å². The van der Waals surface area contributed by atoms with E-state index in [1.165, 1.54) is 26.5 Å². The van der Waals surface area contributed by atoms with Crippen molar-refractivity contribution in [2.45, 2.75) is 13.8 Å². The van der Waals surface area contributed by atoms with Gasteiger partial charge >= 0.3 is 0 Å². The number of nitrogens with one attached hydrogen (secondary N) is 2. The molecule has 1 aromatic carbocycles. The molecule has 7 heteroatoms. The zero-order valence-electron chi connectivity index (χ0n) is 15.3. The number of carbonyl (C=O) groups is 2. The molecule has 1 aromatic heterocycles. The fraction of sp³-hybridized carbons (Fsp3) is 0.316. The van der Waals surface area contributed by atoms with Gasteiger partial charge in [-0.15, -0.1) is 0 Å². The Morgan fingerprint density at radius 1 is 1.04 bits per heavy atom. The smallest absolute Gasteiger partial charge is 0.274 e. The molecule has 0 atom stereocenters. The summed E-state index contributed by atoms with van der Waals surface area (Å²) in [4.78, 5) is 28.6. The number of methoxy groups -OCH3 is 2. The van der Waals surface area contributed by atoms with Crippen molar-refractivity contribution < 1.29 is 19.1 Å². The van der Waals surface area contributed by atoms with Crippen molar-refractivity contribution in [1.29, 1.82) is 0 Å². The molecule has 0 bridgehead atoms. The maximum Gasteiger partial charge on any atom is 0.274 e. The van der Waals surface area contributed by atoms with E-state index in [0.29, 0.717) is 35.2 Å². The number of rotatable bonds is 7. The van der Waals surface area contributed by atoms with E-state index < -0.39 is 5.91 Å². The SMILES string of the molecule is COc1ccc(NC(=O)c2cc(C(=O)NCC(C)C)ccn2)cc1OC. The Bertz CT molecular complexity index is 790. The molecule has 2 rings (SSSR count). The third-order valence-electron chi connectivity index (χ3n) is 3.57. The van der Waals surface area contributed by atoms with Crippen molar-refractivity contribution in [3.05, 3.63) is 47.8 Å². The highest BCUT2D eigenvalue weighted by Gasteiger charge is 2.13. The van der Waals surface area contributed by atoms with Crippen molar-refractivity contribution in [3.8, 4) is 11.5 Å². The number of pyridine rings is 1. The second-order valence-electron chi connectivity index (χ2n) is 6.06. The Morgan fingerprint density at radius 2 is 1.77 bits per heavy atom. The molecule has 0 unspecified atom stereocenters. The van der Waals surface area contributed by atoms with Gasteiger partial charge in [0.05, 0.1) is 14.2 Å². The molecule has 2 aromatic rings. The van der Waals surface area contributed by atoms with Gasteiger partial charge in [0.25, 0.3) is 11.8 Å². The Hall–Kier alpha value is -3.09. The first-order valence-electron chi connectivity index (χ1n) is 8.22. The van der Waals surface area contributed by atoms with E-state index >= 15 is 0 Å². The summed E-state index contributed by atoms with van der Waals surface area (Å²) < 4.78 is 10.4. The van der Waals surface area contributed by atoms with Gasteiger partial charge in [-0.2, -0.15) is 0 Å². The van der Waals surface area contributed by atoms with E-state index in [-0.39, 0.29) is 11.6 Å². The largest absolute Gasteiger partial charge is 0.493 e. The molecular formula is C19H23N3O4. The topological polar surface area (TPSA) is 89.5 Å². The Morgan fingerprint density at radius 3 is 2.42 bits per heavy atom. The highest BCUT2D eigenvalue weighted by atomic mass is 16.5. The van der Waals surface area contributed by atoms with Crippen LogP contribution in [0.25, 0.3) is 0 Å². The Kier molecular flexibility index (Phi) is 6.54. The molecule has 2 N–H and O–H groups in total. The number of hydrogen-bond acceptors (Lipinski definition) is 5. The van der Waals surface area contributed by atoms with Crippen LogP contribution in [-0.2, 0) is 0 Å². The molecule has 2 amide bonds. The maximum absolute atomic E-state index is 12.4. The molecule has 138 valence electrons. The second kappa shape index (κ2) is 8.84. The van der Waals surface area contributed by atoms with E-state index in [4.69, 9.17) is 9.47 Å². The van der Waals surface area contributed by atoms with Crippen LogP contribution < -0.4 is 20.1 Å². The van der Waals surface area contributed by atoms with Gasteiger partial charge in [0, 0.05) is 30.1 Å². The first-order valence-corrected chi connectivity index (χ1v) is 8.22. The molecule has 0 aliphatic heterocycles. The van der Waals surface area contributed by atoms with Gasteiger partial charge in [0.15, 0.2) is 11.5 Å². The lowest BCUT2D eigenvalue weighted by molar-refractivity contribution is 0.0949. The zero-order valence-corrected chi connectivity index (χ0v) is 15.3. The van der Waals surface area contributed by atoms with Crippen LogP contribution in [0, 0.1) is 5.92 Å². The number of carbonyl (C=O) groups excluding carboxylic acids is 2. The average molecular weight is 357 g/mol. The van der Waals surface area contributed by atoms with Crippen LogP contribution in [0.15, 0.2) is 36.5 Å². The molecule has 0 aliphatic carbocycles. The molecule has 1 heterocycles. The summed E-state index contributed by atoms with van der Waals surface area (Å²) in [6.45, 7) is 4.58. The minimum atomic E-state index is -0.421. The van der Waals surface area contributed by atoms with Crippen molar-refractivity contribution >= 4 is 17.5 Å². The third-order valence-corrected chi connectivity index (χ3v) is 3.57. The van der Waals surface area contributed by atoms with E-state index in [9.17, 15) is 9.59 Å². The number of benzene rings is 1. The van der Waals surface area contributed by atoms with Crippen LogP contribution in [-0.4, -0.2) is 37.6 Å². The summed E-state index contributed by atoms with van der Waals surface area (Å²) in [5.41, 5.74) is 1.07. The van der Waals surface area contributed by atoms with E-state index in [0.717, 1.165) is 0 Å². The molecule has 0 saturated carbocycles. The zero-order chi connectivity index (χ0) is 19.1. The minimum Gasteiger partial charge on any atom is -0.493 e. The van der Waals surface area contributed by atoms with Crippen LogP contribution in [0.1, 0.15) is 34.7 Å². The summed E-state index contributed by atoms with van der Waals surface area (Å²) in [6.07, 6.45) is 1.44. The second-order valence-corrected chi connectivity index (χ2v) is 6.06. The van der Waals surface area contributed by atoms with Gasteiger partial charge in [-0.1, -0.05) is 13.8 Å². The van der Waals surface area contributed by atoms with Gasteiger partial charge in [0.1, 0.15) is 5.69 Å². The Balaban J connectivity index is 2.12. The minimum absolute atomic E-state index is 0.150. The molecular weight excluding hydrogens is 334 g/mol. The van der Waals surface area contributed by atoms with Gasteiger partial charge < -0.3 is 20.1 Å². The Labute approximate surface area is 152 Å². The first-order chi connectivity index (χ1) is 12.4. The average Bonchev–Trinajstić information content (AvgIpc) is 2.65. The number of hydrogen-bond donors (Lipinski definition) is 2. The van der Waals surface area contributed by atoms with Crippen LogP contribution in [0.2, 0.25) is 0 Å². The monoisotopic (exact) mass is 357 g/mol. The van der Waals surface area contributed by atoms with Crippen molar-refractivity contribution in [3.63, 3.8) is 0 Å². The van der Waals surface area contributed by atoms with Gasteiger partial charge in [-0.3, -0.25) is 14.6 Å². The summed E-state index contributed by atoms with van der Waals surface area (Å²) in [5, 5.41) is 5.55. The summed E-state index contributed by atoms with van der Waals surface area (Å²) in [6, 6.07) is 8.07. The van der Waals surface area contributed by atoms with Crippen molar-refractivity contribution in [2.24, 2.45) is 5.92 Å². The van der Waals surface area contributed by atoms with Crippen LogP contribution in [0.3, 0.4) is 0 Å². The van der Waals surface area contributed by atoms with Gasteiger partial charge in [0.2, 0.25) is 0 Å². The highest BCUT2D eigenvalue weighted by Crippen LogP contribution is 2.29. The standard InChI is InChI=1S/C19H23N3O4/c1-12(2)11-21-18(23)13-7-8-20-15(9-13)19(24)22-14-5-6-16(25-3)17(10-14)26-4/h5-10,12H,11H2,1-4H3,(H,21,23)(H,22,24). The van der Waals surface area contributed by atoms with E-state index in [1.54, 1.807) is 24.3 Å². The van der Waals surface area contributed by atoms with Gasteiger partial charge in [-0.25, -0.2) is 0 Å². The molecule has 7 nitrogen and oxygen atoms in total. The molecule has 26 heavy (non-hydrogen) atoms. The number of anilines is 1. The van der Waals surface area contributed by atoms with Crippen LogP contribution >= 0.6 is 0 Å². The molecule has 0 spiro atoms. The highest BCUT2D eigenvalue weighted by molar-refractivity contribution is 6.04. The molecule has 0 fully saturated rings. The molecule has 0 radical (unpaired) electrons. The number of aromatic nitrogens is 1. The van der Waals surface area contributed by atoms with Crippen LogP contribution in [0.4, 0.5) is 5.69 Å². The third kappa shape index (κ3) is 4.95. The summed E-state index contributed by atoms with van der Waals surface area (Å²) >= 11 is 0. The lowest BCUT2D eigenvalue weighted by atomic mass is 10.2. The van der Waals surface area contributed by atoms with Crippen molar-refractivity contribution in [2.75, 3.05) is 26.1 Å². The molecule has 0 aliphatic rings. The normalized spacial score (nSPS) is 10.3. The van der Waals surface area contributed by atoms with Crippen LogP contribution in [0.5, 0.6) is 11.5 Å². The lowest BCUT2D eigenvalue weighted by Crippen LogP contribution is -2.27. The van der Waals surface area contributed by atoms with E-state index in [2.05, 4.69) is 15.6 Å². The predicted molar refractivity (Wildman–Crippen MR) is 98.9 cm³/mol. The lowest BCUT2D eigenvalue weighted by Gasteiger charge is -2.11. The number of nitrogens with zero attached hydrogens (tertiary/aromatic N) is 1. The fourth-order valence-electron chi connectivity index (χ4n) is 2.20. The number of ether oxygens (including phenoxy) is 2. The maximum atomic E-state index is 12.4. The quantitative estimate of drug-likeness (QED) is 0.795. The predicted octanol–water partition coefficient (Wildman–Crippen LogP) is 2.74. The summed E-state index contributed by atoms with van der Waals surface area (Å²) in [5.74, 6) is 0.748. The first kappa shape index (κ1) is 19.2.